The zero-order valence-corrected chi connectivity index (χ0v) is 11.6. The van der Waals surface area contributed by atoms with Crippen molar-refractivity contribution in [2.75, 3.05) is 20.3 Å². The third-order valence-corrected chi connectivity index (χ3v) is 3.61. The Balaban J connectivity index is 2.08. The number of fused-ring (bicyclic) bond motifs is 1. The highest BCUT2D eigenvalue weighted by atomic mass is 16.5. The molecular weight excluding hydrogens is 250 g/mol. The zero-order valence-electron chi connectivity index (χ0n) is 11.6. The standard InChI is InChI=1S/C17H19NO2/c1-19-15-9-4-2-7-13(15)17-14-8-3-5-10-16(14)20-12-6-11-18-17/h2-5,7-10,17-18H,6,11-12H2,1H3. The van der Waals surface area contributed by atoms with Gasteiger partial charge in [-0.05, 0) is 25.1 Å². The lowest BCUT2D eigenvalue weighted by Crippen LogP contribution is -2.27. The molecule has 0 aromatic heterocycles. The summed E-state index contributed by atoms with van der Waals surface area (Å²) in [6.07, 6.45) is 1.000. The largest absolute Gasteiger partial charge is 0.496 e. The second-order valence-electron chi connectivity index (χ2n) is 4.87. The minimum atomic E-state index is 0.0997. The van der Waals surface area contributed by atoms with Crippen LogP contribution in [-0.2, 0) is 0 Å². The molecule has 2 aromatic carbocycles. The molecule has 1 aliphatic heterocycles. The normalized spacial score (nSPS) is 18.4. The first kappa shape index (κ1) is 13.0. The van der Waals surface area contributed by atoms with Gasteiger partial charge in [-0.15, -0.1) is 0 Å². The zero-order chi connectivity index (χ0) is 13.8. The van der Waals surface area contributed by atoms with Crippen molar-refractivity contribution in [2.24, 2.45) is 0 Å². The number of methoxy groups -OCH3 is 1. The molecule has 1 unspecified atom stereocenters. The predicted molar refractivity (Wildman–Crippen MR) is 79.4 cm³/mol. The van der Waals surface area contributed by atoms with Crippen LogP contribution in [0.3, 0.4) is 0 Å². The van der Waals surface area contributed by atoms with E-state index in [1.54, 1.807) is 7.11 Å². The van der Waals surface area contributed by atoms with Crippen molar-refractivity contribution in [3.8, 4) is 11.5 Å². The number of nitrogens with one attached hydrogen (secondary N) is 1. The molecule has 0 bridgehead atoms. The Morgan fingerprint density at radius 3 is 2.65 bits per heavy atom. The molecule has 0 saturated heterocycles. The highest BCUT2D eigenvalue weighted by molar-refractivity contribution is 5.46. The Morgan fingerprint density at radius 2 is 1.80 bits per heavy atom. The van der Waals surface area contributed by atoms with Crippen LogP contribution in [0.4, 0.5) is 0 Å². The van der Waals surface area contributed by atoms with Gasteiger partial charge in [0.15, 0.2) is 0 Å². The van der Waals surface area contributed by atoms with Gasteiger partial charge in [-0.1, -0.05) is 36.4 Å². The van der Waals surface area contributed by atoms with Crippen molar-refractivity contribution >= 4 is 0 Å². The first-order chi connectivity index (χ1) is 9.90. The molecule has 0 aliphatic carbocycles. The SMILES string of the molecule is COc1ccccc1C1NCCCOc2ccccc21. The molecule has 1 atom stereocenters. The molecule has 1 heterocycles. The van der Waals surface area contributed by atoms with Crippen LogP contribution in [0.25, 0.3) is 0 Å². The van der Waals surface area contributed by atoms with Crippen LogP contribution < -0.4 is 14.8 Å². The van der Waals surface area contributed by atoms with Crippen molar-refractivity contribution in [2.45, 2.75) is 12.5 Å². The van der Waals surface area contributed by atoms with Crippen molar-refractivity contribution in [1.82, 2.24) is 5.32 Å². The van der Waals surface area contributed by atoms with Crippen molar-refractivity contribution in [1.29, 1.82) is 0 Å². The lowest BCUT2D eigenvalue weighted by molar-refractivity contribution is 0.289. The number of hydrogen-bond acceptors (Lipinski definition) is 3. The van der Waals surface area contributed by atoms with E-state index in [0.29, 0.717) is 0 Å². The van der Waals surface area contributed by atoms with Crippen molar-refractivity contribution in [3.05, 3.63) is 59.7 Å². The molecule has 3 nitrogen and oxygen atoms in total. The molecule has 0 amide bonds. The summed E-state index contributed by atoms with van der Waals surface area (Å²) < 4.78 is 11.4. The van der Waals surface area contributed by atoms with E-state index in [9.17, 15) is 0 Å². The molecule has 2 aromatic rings. The Morgan fingerprint density at radius 1 is 1.05 bits per heavy atom. The Bertz CT molecular complexity index is 583. The maximum atomic E-state index is 5.87. The van der Waals surface area contributed by atoms with E-state index in [0.717, 1.165) is 42.2 Å². The minimum absolute atomic E-state index is 0.0997. The maximum Gasteiger partial charge on any atom is 0.124 e. The molecule has 0 fully saturated rings. The number of para-hydroxylation sites is 2. The Kier molecular flexibility index (Phi) is 3.88. The summed E-state index contributed by atoms with van der Waals surface area (Å²) in [7, 11) is 1.71. The summed E-state index contributed by atoms with van der Waals surface area (Å²) in [5.74, 6) is 1.86. The summed E-state index contributed by atoms with van der Waals surface area (Å²) in [6.45, 7) is 1.68. The molecule has 0 radical (unpaired) electrons. The monoisotopic (exact) mass is 269 g/mol. The second kappa shape index (κ2) is 5.97. The number of benzene rings is 2. The first-order valence-electron chi connectivity index (χ1n) is 6.98. The molecule has 0 spiro atoms. The molecule has 1 aliphatic rings. The first-order valence-corrected chi connectivity index (χ1v) is 6.98. The molecule has 1 N–H and O–H groups in total. The number of rotatable bonds is 2. The fourth-order valence-corrected chi connectivity index (χ4v) is 2.64. The predicted octanol–water partition coefficient (Wildman–Crippen LogP) is 3.16. The van der Waals surface area contributed by atoms with Crippen LogP contribution in [0.2, 0.25) is 0 Å². The lowest BCUT2D eigenvalue weighted by Gasteiger charge is -2.26. The summed E-state index contributed by atoms with van der Waals surface area (Å²) >= 11 is 0. The molecule has 20 heavy (non-hydrogen) atoms. The second-order valence-corrected chi connectivity index (χ2v) is 4.87. The molecule has 0 saturated carbocycles. The average Bonchev–Trinajstić information content (AvgIpc) is 2.48. The van der Waals surface area contributed by atoms with Gasteiger partial charge in [-0.25, -0.2) is 0 Å². The van der Waals surface area contributed by atoms with E-state index in [1.165, 1.54) is 0 Å². The van der Waals surface area contributed by atoms with Gasteiger partial charge in [0.25, 0.3) is 0 Å². The van der Waals surface area contributed by atoms with Crippen LogP contribution in [0.15, 0.2) is 48.5 Å². The summed E-state index contributed by atoms with van der Waals surface area (Å²) in [6, 6.07) is 16.5. The highest BCUT2D eigenvalue weighted by Crippen LogP contribution is 2.35. The fraction of sp³-hybridized carbons (Fsp3) is 0.294. The van der Waals surface area contributed by atoms with Crippen LogP contribution in [-0.4, -0.2) is 20.3 Å². The summed E-state index contributed by atoms with van der Waals surface area (Å²) in [5, 5.41) is 3.61. The number of hydrogen-bond donors (Lipinski definition) is 1. The van der Waals surface area contributed by atoms with Gasteiger partial charge in [-0.2, -0.15) is 0 Å². The molecule has 3 heteroatoms. The minimum Gasteiger partial charge on any atom is -0.496 e. The van der Waals surface area contributed by atoms with E-state index in [2.05, 4.69) is 17.4 Å². The van der Waals surface area contributed by atoms with E-state index in [4.69, 9.17) is 9.47 Å². The third kappa shape index (κ3) is 2.49. The third-order valence-electron chi connectivity index (χ3n) is 3.61. The number of ether oxygens (including phenoxy) is 2. The van der Waals surface area contributed by atoms with E-state index in [-0.39, 0.29) is 6.04 Å². The van der Waals surface area contributed by atoms with Gasteiger partial charge >= 0.3 is 0 Å². The Labute approximate surface area is 119 Å². The summed E-state index contributed by atoms with van der Waals surface area (Å²) in [5.41, 5.74) is 2.31. The van der Waals surface area contributed by atoms with Crippen molar-refractivity contribution in [3.63, 3.8) is 0 Å². The van der Waals surface area contributed by atoms with Gasteiger partial charge < -0.3 is 14.8 Å². The Hall–Kier alpha value is -2.00. The fourth-order valence-electron chi connectivity index (χ4n) is 2.64. The topological polar surface area (TPSA) is 30.5 Å². The highest BCUT2D eigenvalue weighted by Gasteiger charge is 2.22. The van der Waals surface area contributed by atoms with E-state index < -0.39 is 0 Å². The van der Waals surface area contributed by atoms with Crippen LogP contribution >= 0.6 is 0 Å². The van der Waals surface area contributed by atoms with Gasteiger partial charge in [0.1, 0.15) is 11.5 Å². The van der Waals surface area contributed by atoms with E-state index >= 15 is 0 Å². The van der Waals surface area contributed by atoms with Gasteiger partial charge in [0.05, 0.1) is 19.8 Å². The van der Waals surface area contributed by atoms with Gasteiger partial charge in [-0.3, -0.25) is 0 Å². The lowest BCUT2D eigenvalue weighted by atomic mass is 9.96. The van der Waals surface area contributed by atoms with Crippen LogP contribution in [0.5, 0.6) is 11.5 Å². The van der Waals surface area contributed by atoms with Gasteiger partial charge in [0.2, 0.25) is 0 Å². The quantitative estimate of drug-likeness (QED) is 0.908. The van der Waals surface area contributed by atoms with Crippen LogP contribution in [0.1, 0.15) is 23.6 Å². The van der Waals surface area contributed by atoms with Gasteiger partial charge in [0, 0.05) is 11.1 Å². The van der Waals surface area contributed by atoms with Crippen molar-refractivity contribution < 1.29 is 9.47 Å². The maximum absolute atomic E-state index is 5.87. The smallest absolute Gasteiger partial charge is 0.124 e. The average molecular weight is 269 g/mol. The van der Waals surface area contributed by atoms with E-state index in [1.807, 2.05) is 36.4 Å². The molecule has 3 rings (SSSR count). The summed E-state index contributed by atoms with van der Waals surface area (Å²) in [4.78, 5) is 0. The molecular formula is C17H19NO2. The molecule has 104 valence electrons. The van der Waals surface area contributed by atoms with Crippen LogP contribution in [0, 0.1) is 0 Å².